The van der Waals surface area contributed by atoms with Crippen molar-refractivity contribution in [1.82, 2.24) is 9.55 Å². The summed E-state index contributed by atoms with van der Waals surface area (Å²) in [6.07, 6.45) is 2.40. The van der Waals surface area contributed by atoms with Crippen molar-refractivity contribution in [3.05, 3.63) is 466 Å². The quantitative estimate of drug-likeness (QED) is 0.112. The second kappa shape index (κ2) is 34.1. The summed E-state index contributed by atoms with van der Waals surface area (Å²) in [5.41, 5.74) is 40.7. The predicted molar refractivity (Wildman–Crippen MR) is 553 cm³/mol. The summed E-state index contributed by atoms with van der Waals surface area (Å²) in [6, 6.07) is 142. The molecule has 0 N–H and O–H groups in total. The predicted octanol–water partition coefficient (Wildman–Crippen LogP) is 27.3. The average Bonchev–Trinajstić information content (AvgIpc) is 1.51. The fraction of sp³-hybridized carbons (Fsp3) is 0.171. The Morgan fingerprint density at radius 2 is 0.634 bits per heavy atom. The van der Waals surface area contributed by atoms with Crippen molar-refractivity contribution < 1.29 is 42.1 Å². The molecule has 11 heteroatoms. The number of nitrogens with zero attached hydrogens (tertiary/aromatic N) is 2. The van der Waals surface area contributed by atoms with Crippen LogP contribution in [0.25, 0.3) is 128 Å². The van der Waals surface area contributed by atoms with Crippen LogP contribution in [0.15, 0.2) is 393 Å². The Morgan fingerprint density at radius 1 is 0.321 bits per heavy atom. The van der Waals surface area contributed by atoms with Crippen LogP contribution >= 0.6 is 15.9 Å². The van der Waals surface area contributed by atoms with Gasteiger partial charge in [0.05, 0.1) is 61.1 Å². The first kappa shape index (κ1) is 88.1. The van der Waals surface area contributed by atoms with E-state index in [2.05, 4.69) is 450 Å². The molecule has 0 atom stereocenters. The average molecular weight is 1800 g/mol. The van der Waals surface area contributed by atoms with E-state index in [0.717, 1.165) is 45.6 Å². The molecule has 2 aromatic heterocycles. The molecule has 3 spiro atoms. The van der Waals surface area contributed by atoms with Gasteiger partial charge in [0, 0.05) is 43.7 Å². The van der Waals surface area contributed by atoms with Crippen LogP contribution in [0.2, 0.25) is 0 Å². The Labute approximate surface area is 809 Å². The van der Waals surface area contributed by atoms with Crippen LogP contribution in [-0.2, 0) is 39.5 Å². The van der Waals surface area contributed by atoms with Crippen molar-refractivity contribution in [2.24, 2.45) is 0 Å². The third-order valence-corrected chi connectivity index (χ3v) is 30.4. The van der Waals surface area contributed by atoms with Gasteiger partial charge in [-0.3, -0.25) is 0 Å². The Bertz CT molecular complexity index is 7430. The van der Waals surface area contributed by atoms with E-state index in [1.54, 1.807) is 0 Å². The first-order chi connectivity index (χ1) is 64.6. The number of fused-ring (bicyclic) bond motifs is 33. The molecule has 6 aliphatic carbocycles. The van der Waals surface area contributed by atoms with Crippen LogP contribution in [0, 0.1) is 6.92 Å². The molecule has 2 aliphatic heterocycles. The van der Waals surface area contributed by atoms with E-state index >= 15 is 0 Å². The van der Waals surface area contributed by atoms with Gasteiger partial charge >= 0.3 is 33.3 Å². The molecule has 16 aromatic carbocycles. The zero-order valence-electron chi connectivity index (χ0n) is 78.1. The Kier molecular flexibility index (Phi) is 22.4. The summed E-state index contributed by atoms with van der Waals surface area (Å²) in [4.78, 5) is 5.59. The number of aromatic nitrogens is 2. The molecule has 7 nitrogen and oxygen atoms in total. The Morgan fingerprint density at radius 3 is 1.07 bits per heavy atom. The summed E-state index contributed by atoms with van der Waals surface area (Å²) in [7, 11) is -0.931. The molecular weight excluding hydrogens is 1690 g/mol. The van der Waals surface area contributed by atoms with E-state index < -0.39 is 19.9 Å². The van der Waals surface area contributed by atoms with Crippen LogP contribution < -0.4 is 24.3 Å². The van der Waals surface area contributed by atoms with Crippen LogP contribution in [0.5, 0.6) is 0 Å². The minimum atomic E-state index is -0.523. The zero-order valence-corrected chi connectivity index (χ0v) is 79.7. The normalized spacial score (nSPS) is 16.0. The van der Waals surface area contributed by atoms with Gasteiger partial charge in [-0.15, -0.1) is 0 Å². The van der Waals surface area contributed by atoms with Gasteiger partial charge in [-0.1, -0.05) is 375 Å². The number of halogens is 1. The summed E-state index contributed by atoms with van der Waals surface area (Å²) in [6.45, 7) is 26.2. The smallest absolute Gasteiger partial charge is 0.399 e. The van der Waals surface area contributed by atoms with E-state index in [0.29, 0.717) is 0 Å². The van der Waals surface area contributed by atoms with Gasteiger partial charge in [-0.25, -0.2) is 4.98 Å². The number of rotatable bonds is 8. The van der Waals surface area contributed by atoms with Gasteiger partial charge in [0.2, 0.25) is 0 Å². The van der Waals surface area contributed by atoms with Crippen molar-refractivity contribution in [3.63, 3.8) is 0 Å². The van der Waals surface area contributed by atoms with E-state index in [9.17, 15) is 0 Å². The van der Waals surface area contributed by atoms with Gasteiger partial charge in [0.25, 0.3) is 0 Å². The van der Waals surface area contributed by atoms with Crippen molar-refractivity contribution in [1.29, 1.82) is 0 Å². The number of pyridine rings is 1. The van der Waals surface area contributed by atoms with Crippen LogP contribution in [0.3, 0.4) is 0 Å². The monoisotopic (exact) mass is 1800 g/mol. The Balaban J connectivity index is 0.000000117. The zero-order chi connectivity index (χ0) is 91.1. The van der Waals surface area contributed by atoms with Crippen molar-refractivity contribution >= 4 is 57.6 Å². The molecule has 134 heavy (non-hydrogen) atoms. The van der Waals surface area contributed by atoms with Crippen molar-refractivity contribution in [2.45, 2.75) is 134 Å². The summed E-state index contributed by atoms with van der Waals surface area (Å²) in [5, 5.41) is 2.51. The van der Waals surface area contributed by atoms with Crippen LogP contribution in [0.1, 0.15) is 156 Å². The topological polar surface area (TPSA) is 64.0 Å². The van der Waals surface area contributed by atoms with E-state index in [-0.39, 0.29) is 58.2 Å². The fourth-order valence-corrected chi connectivity index (χ4v) is 23.1. The minimum absolute atomic E-state index is 0. The maximum Gasteiger partial charge on any atom is 1.00 e. The summed E-state index contributed by atoms with van der Waals surface area (Å²) < 4.78 is 33.4. The molecule has 0 bridgehead atoms. The van der Waals surface area contributed by atoms with Gasteiger partial charge in [0.1, 0.15) is 0 Å². The number of hydrogen-bond acceptors (Lipinski definition) is 6. The first-order valence-electron chi connectivity index (χ1n) is 46.9. The molecular formula is C123H104B2BrLiN2O5. The molecule has 2 saturated heterocycles. The summed E-state index contributed by atoms with van der Waals surface area (Å²) >= 11 is 3.83. The van der Waals surface area contributed by atoms with Crippen molar-refractivity contribution in [2.75, 3.05) is 0 Å². The molecule has 26 rings (SSSR count). The number of unbranched alkanes of at least 4 members (excludes halogenated alkanes) is 1. The number of benzene rings is 16. The van der Waals surface area contributed by atoms with E-state index in [4.69, 9.17) is 28.3 Å². The SMILES string of the molecule is Brc1cccc2c1-c1ccccc1C21c2ccccc2-c2ccccc21.CC(C)OB1OC(C)(C)C(C)(C)O1.CC1(C)OB(c2cccc3c2-c2ccccc2C32c3ccccc3-c3ccccc32)OC1(C)C.[CH2-]CCC.[Li+].c1ccc(-c2cc(-c3cccc(-n4c5ccccc5c5ccccc54)c3)nc(-c3cccc4c3-c3ccccc3C43c4ccccc4-c4ccccc43)c2)cc1. The summed E-state index contributed by atoms with van der Waals surface area (Å²) in [5.74, 6) is 0. The second-order valence-electron chi connectivity index (χ2n) is 38.4. The molecule has 650 valence electrons. The standard InChI is InChI=1S/C54H34N2.C31H27BO2.C25H15Br.C9H19BO3.C4H9.Li/c1-2-16-35(17-3-1)37-33-49(36-18-14-19-38(32-36)56-51-30-12-7-22-41(51)42-23-8-13-31-52(42)56)55-50(34-37)44-25-15-29-48-53(44)43-24-6-11-28-47(43)54(48)45-26-9-4-20-39(45)40-21-5-10-27-46(40)54;1-29(2)30(3,4)34-32(33-29)27-19-11-18-26-28(27)22-14-7-10-17-25(22)31(26)23-15-8-5-12-20(23)21-13-6-9-16-24(21)31;26-23-15-7-14-22-24(23)18-10-3-6-13-21(18)25(22)19-11-4-1-8-16(19)17-9-2-5-12-20(17)25;1-7(2)11-10-12-8(3,4)9(5,6)13-10;1-3-4-2;/h1-34H;5-19H,1-4H3;1-15H;7H,1-6H3;1,3-4H2,2H3;/q;;;;-1;+1. The molecule has 4 heterocycles. The van der Waals surface area contributed by atoms with Crippen LogP contribution in [0.4, 0.5) is 0 Å². The Hall–Kier alpha value is -12.5. The molecule has 18 aromatic rings. The molecule has 0 radical (unpaired) electrons. The van der Waals surface area contributed by atoms with Gasteiger partial charge < -0.3 is 34.8 Å². The maximum absolute atomic E-state index is 6.56. The van der Waals surface area contributed by atoms with Crippen molar-refractivity contribution in [3.8, 4) is 106 Å². The van der Waals surface area contributed by atoms with Gasteiger partial charge in [-0.2, -0.15) is 6.42 Å². The van der Waals surface area contributed by atoms with E-state index in [1.165, 1.54) is 172 Å². The van der Waals surface area contributed by atoms with Crippen LogP contribution in [-0.4, -0.2) is 52.5 Å². The largest absolute Gasteiger partial charge is 1.00 e. The molecule has 2 fully saturated rings. The molecule has 8 aliphatic rings. The molecule has 0 unspecified atom stereocenters. The minimum Gasteiger partial charge on any atom is -0.399 e. The third-order valence-electron chi connectivity index (χ3n) is 29.7. The number of para-hydroxylation sites is 2. The fourth-order valence-electron chi connectivity index (χ4n) is 22.5. The second-order valence-corrected chi connectivity index (χ2v) is 39.3. The van der Waals surface area contributed by atoms with Gasteiger partial charge in [0.15, 0.2) is 0 Å². The van der Waals surface area contributed by atoms with Gasteiger partial charge in [-0.05, 0) is 256 Å². The van der Waals surface area contributed by atoms with E-state index in [1.807, 2.05) is 41.5 Å². The maximum atomic E-state index is 6.56. The first-order valence-corrected chi connectivity index (χ1v) is 47.7. The molecule has 0 saturated carbocycles. The third kappa shape index (κ3) is 13.6. The number of hydrogen-bond donors (Lipinski definition) is 0. The molecule has 0 amide bonds.